The van der Waals surface area contributed by atoms with Crippen LogP contribution in [0.3, 0.4) is 0 Å². The Kier molecular flexibility index (Phi) is 5.54. The molecule has 0 bridgehead atoms. The molecule has 0 amide bonds. The zero-order valence-electron chi connectivity index (χ0n) is 12.8. The zero-order chi connectivity index (χ0) is 14.6. The number of ether oxygens (including phenoxy) is 1. The highest BCUT2D eigenvalue weighted by Gasteiger charge is 2.17. The molecule has 3 N–H and O–H groups in total. The molecule has 0 aromatic carbocycles. The molecule has 5 nitrogen and oxygen atoms in total. The van der Waals surface area contributed by atoms with Crippen molar-refractivity contribution in [1.29, 1.82) is 0 Å². The lowest BCUT2D eigenvalue weighted by molar-refractivity contribution is 0.171. The largest absolute Gasteiger partial charge is 0.383 e. The third-order valence-corrected chi connectivity index (χ3v) is 3.19. The van der Waals surface area contributed by atoms with Crippen LogP contribution in [0.1, 0.15) is 45.0 Å². The number of anilines is 2. The minimum Gasteiger partial charge on any atom is -0.383 e. The van der Waals surface area contributed by atoms with E-state index in [-0.39, 0.29) is 12.0 Å². The molecular formula is C14H26N4O. The van der Waals surface area contributed by atoms with Crippen LogP contribution in [0.15, 0.2) is 0 Å². The molecule has 19 heavy (non-hydrogen) atoms. The SMILES string of the molecule is COCC(Nc1nc(C(C)C)nc(N)c1C)C(C)C. The maximum atomic E-state index is 5.96. The number of hydrogen-bond donors (Lipinski definition) is 2. The first-order valence-electron chi connectivity index (χ1n) is 6.76. The van der Waals surface area contributed by atoms with Crippen LogP contribution in [0.5, 0.6) is 0 Å². The van der Waals surface area contributed by atoms with Crippen LogP contribution in [0.25, 0.3) is 0 Å². The van der Waals surface area contributed by atoms with Crippen LogP contribution in [-0.2, 0) is 4.74 Å². The predicted octanol–water partition coefficient (Wildman–Crippen LogP) is 2.57. The third-order valence-electron chi connectivity index (χ3n) is 3.19. The molecule has 0 saturated heterocycles. The Balaban J connectivity index is 3.04. The first-order chi connectivity index (χ1) is 8.86. The Labute approximate surface area is 116 Å². The number of nitrogens with one attached hydrogen (secondary N) is 1. The van der Waals surface area contributed by atoms with E-state index in [1.807, 2.05) is 6.92 Å². The summed E-state index contributed by atoms with van der Waals surface area (Å²) in [6.07, 6.45) is 0. The summed E-state index contributed by atoms with van der Waals surface area (Å²) in [7, 11) is 1.71. The summed E-state index contributed by atoms with van der Waals surface area (Å²) in [5, 5.41) is 3.43. The molecule has 0 aliphatic carbocycles. The fraction of sp³-hybridized carbons (Fsp3) is 0.714. The quantitative estimate of drug-likeness (QED) is 0.828. The maximum Gasteiger partial charge on any atom is 0.135 e. The zero-order valence-corrected chi connectivity index (χ0v) is 12.8. The highest BCUT2D eigenvalue weighted by atomic mass is 16.5. The predicted molar refractivity (Wildman–Crippen MR) is 79.4 cm³/mol. The number of aromatic nitrogens is 2. The van der Waals surface area contributed by atoms with Crippen molar-refractivity contribution < 1.29 is 4.74 Å². The smallest absolute Gasteiger partial charge is 0.135 e. The lowest BCUT2D eigenvalue weighted by atomic mass is 10.1. The summed E-state index contributed by atoms with van der Waals surface area (Å²) in [6.45, 7) is 11.0. The van der Waals surface area contributed by atoms with Crippen LogP contribution >= 0.6 is 0 Å². The topological polar surface area (TPSA) is 73.1 Å². The van der Waals surface area contributed by atoms with Crippen molar-refractivity contribution in [3.63, 3.8) is 0 Å². The van der Waals surface area contributed by atoms with E-state index in [4.69, 9.17) is 10.5 Å². The van der Waals surface area contributed by atoms with Gasteiger partial charge >= 0.3 is 0 Å². The average molecular weight is 266 g/mol. The normalized spacial score (nSPS) is 13.1. The second-order valence-corrected chi connectivity index (χ2v) is 5.55. The van der Waals surface area contributed by atoms with Crippen LogP contribution in [0, 0.1) is 12.8 Å². The van der Waals surface area contributed by atoms with E-state index in [2.05, 4.69) is 43.0 Å². The summed E-state index contributed by atoms with van der Waals surface area (Å²) < 4.78 is 5.25. The van der Waals surface area contributed by atoms with Crippen molar-refractivity contribution >= 4 is 11.6 Å². The monoisotopic (exact) mass is 266 g/mol. The molecule has 1 atom stereocenters. The van der Waals surface area contributed by atoms with Crippen molar-refractivity contribution in [1.82, 2.24) is 9.97 Å². The summed E-state index contributed by atoms with van der Waals surface area (Å²) >= 11 is 0. The Morgan fingerprint density at radius 3 is 2.32 bits per heavy atom. The molecule has 0 saturated carbocycles. The number of methoxy groups -OCH3 is 1. The fourth-order valence-electron chi connectivity index (χ4n) is 1.71. The molecule has 0 aliphatic heterocycles. The third kappa shape index (κ3) is 4.06. The van der Waals surface area contributed by atoms with Crippen LogP contribution in [0.4, 0.5) is 11.6 Å². The van der Waals surface area contributed by atoms with E-state index in [1.165, 1.54) is 0 Å². The van der Waals surface area contributed by atoms with E-state index >= 15 is 0 Å². The Hall–Kier alpha value is -1.36. The number of nitrogen functional groups attached to an aromatic ring is 1. The van der Waals surface area contributed by atoms with Gasteiger partial charge in [-0.3, -0.25) is 0 Å². The van der Waals surface area contributed by atoms with Crippen LogP contribution < -0.4 is 11.1 Å². The second kappa shape index (κ2) is 6.70. The molecule has 1 rings (SSSR count). The molecule has 1 heterocycles. The Morgan fingerprint density at radius 2 is 1.84 bits per heavy atom. The molecule has 1 aromatic heterocycles. The van der Waals surface area contributed by atoms with E-state index in [0.29, 0.717) is 18.3 Å². The van der Waals surface area contributed by atoms with Gasteiger partial charge in [0.05, 0.1) is 12.6 Å². The number of hydrogen-bond acceptors (Lipinski definition) is 5. The summed E-state index contributed by atoms with van der Waals surface area (Å²) in [5.41, 5.74) is 6.86. The second-order valence-electron chi connectivity index (χ2n) is 5.55. The average Bonchev–Trinajstić information content (AvgIpc) is 2.33. The van der Waals surface area contributed by atoms with Gasteiger partial charge in [-0.15, -0.1) is 0 Å². The standard InChI is InChI=1S/C14H26N4O/c1-8(2)11(7-19-6)16-14-10(5)12(15)17-13(18-14)9(3)4/h8-9,11H,7H2,1-6H3,(H3,15,16,17,18). The molecule has 1 unspecified atom stereocenters. The molecule has 0 aliphatic rings. The van der Waals surface area contributed by atoms with E-state index < -0.39 is 0 Å². The number of nitrogens with two attached hydrogens (primary N) is 1. The van der Waals surface area contributed by atoms with Crippen molar-refractivity contribution in [2.24, 2.45) is 5.92 Å². The lowest BCUT2D eigenvalue weighted by Crippen LogP contribution is -2.31. The van der Waals surface area contributed by atoms with Gasteiger partial charge in [0.1, 0.15) is 17.5 Å². The van der Waals surface area contributed by atoms with E-state index in [0.717, 1.165) is 17.2 Å². The minimum atomic E-state index is 0.206. The Bertz CT molecular complexity index is 418. The summed E-state index contributed by atoms with van der Waals surface area (Å²) in [6, 6.07) is 0.206. The van der Waals surface area contributed by atoms with Crippen molar-refractivity contribution in [2.75, 3.05) is 24.8 Å². The summed E-state index contributed by atoms with van der Waals surface area (Å²) in [5.74, 6) is 2.82. The molecule has 108 valence electrons. The molecule has 0 spiro atoms. The fourth-order valence-corrected chi connectivity index (χ4v) is 1.71. The van der Waals surface area contributed by atoms with Gasteiger partial charge in [-0.05, 0) is 12.8 Å². The first kappa shape index (κ1) is 15.7. The van der Waals surface area contributed by atoms with Gasteiger partial charge < -0.3 is 15.8 Å². The first-order valence-corrected chi connectivity index (χ1v) is 6.76. The minimum absolute atomic E-state index is 0.206. The van der Waals surface area contributed by atoms with Gasteiger partial charge in [0, 0.05) is 18.6 Å². The van der Waals surface area contributed by atoms with Gasteiger partial charge in [0.15, 0.2) is 0 Å². The van der Waals surface area contributed by atoms with Gasteiger partial charge in [-0.2, -0.15) is 0 Å². The summed E-state index contributed by atoms with van der Waals surface area (Å²) in [4.78, 5) is 8.91. The van der Waals surface area contributed by atoms with Gasteiger partial charge in [0.2, 0.25) is 0 Å². The molecular weight excluding hydrogens is 240 g/mol. The van der Waals surface area contributed by atoms with Gasteiger partial charge in [0.25, 0.3) is 0 Å². The van der Waals surface area contributed by atoms with E-state index in [9.17, 15) is 0 Å². The van der Waals surface area contributed by atoms with Crippen molar-refractivity contribution in [3.8, 4) is 0 Å². The molecule has 1 aromatic rings. The van der Waals surface area contributed by atoms with Gasteiger partial charge in [-0.25, -0.2) is 9.97 Å². The van der Waals surface area contributed by atoms with E-state index in [1.54, 1.807) is 7.11 Å². The van der Waals surface area contributed by atoms with Crippen molar-refractivity contribution in [2.45, 2.75) is 46.6 Å². The highest BCUT2D eigenvalue weighted by Crippen LogP contribution is 2.22. The number of nitrogens with zero attached hydrogens (tertiary/aromatic N) is 2. The van der Waals surface area contributed by atoms with Crippen molar-refractivity contribution in [3.05, 3.63) is 11.4 Å². The molecule has 0 fully saturated rings. The molecule has 0 radical (unpaired) electrons. The van der Waals surface area contributed by atoms with Crippen LogP contribution in [0.2, 0.25) is 0 Å². The number of rotatable bonds is 6. The van der Waals surface area contributed by atoms with Crippen LogP contribution in [-0.4, -0.2) is 29.7 Å². The highest BCUT2D eigenvalue weighted by molar-refractivity contribution is 5.55. The lowest BCUT2D eigenvalue weighted by Gasteiger charge is -2.24. The maximum absolute atomic E-state index is 5.96. The molecule has 5 heteroatoms. The van der Waals surface area contributed by atoms with Gasteiger partial charge in [-0.1, -0.05) is 27.7 Å². The Morgan fingerprint density at radius 1 is 1.21 bits per heavy atom.